The third-order valence-corrected chi connectivity index (χ3v) is 4.01. The first-order valence-electron chi connectivity index (χ1n) is 7.79. The maximum atomic E-state index is 12.0. The largest absolute Gasteiger partial charge is 0.493 e. The lowest BCUT2D eigenvalue weighted by molar-refractivity contribution is -0.137. The van der Waals surface area contributed by atoms with Crippen LogP contribution in [-0.2, 0) is 9.63 Å². The molecule has 1 aromatic carbocycles. The van der Waals surface area contributed by atoms with E-state index in [4.69, 9.17) is 14.3 Å². The number of likely N-dealkylation sites (tertiary alicyclic amines) is 1. The van der Waals surface area contributed by atoms with Crippen LogP contribution in [0.5, 0.6) is 11.5 Å². The van der Waals surface area contributed by atoms with Gasteiger partial charge in [-0.1, -0.05) is 12.1 Å². The van der Waals surface area contributed by atoms with Crippen LogP contribution in [0.3, 0.4) is 0 Å². The Balaban J connectivity index is 1.81. The van der Waals surface area contributed by atoms with E-state index in [1.54, 1.807) is 32.6 Å². The molecule has 1 heterocycles. The quantitative estimate of drug-likeness (QED) is 0.596. The normalized spacial score (nSPS) is 15.7. The Morgan fingerprint density at radius 1 is 1.26 bits per heavy atom. The Kier molecular flexibility index (Phi) is 6.26. The van der Waals surface area contributed by atoms with Crippen molar-refractivity contribution in [3.8, 4) is 11.5 Å². The average molecular weight is 320 g/mol. The summed E-state index contributed by atoms with van der Waals surface area (Å²) in [6, 6.07) is 5.42. The van der Waals surface area contributed by atoms with Gasteiger partial charge in [0.15, 0.2) is 18.1 Å². The van der Waals surface area contributed by atoms with Crippen molar-refractivity contribution in [2.45, 2.75) is 19.8 Å². The van der Waals surface area contributed by atoms with Gasteiger partial charge in [0.2, 0.25) is 0 Å². The number of nitrogens with zero attached hydrogens (tertiary/aromatic N) is 2. The van der Waals surface area contributed by atoms with Gasteiger partial charge in [0, 0.05) is 18.7 Å². The number of methoxy groups -OCH3 is 2. The minimum absolute atomic E-state index is 0.0126. The molecule has 0 saturated carbocycles. The Bertz CT molecular complexity index is 552. The molecular formula is C17H24N2O4. The Labute approximate surface area is 137 Å². The molecule has 1 amide bonds. The number of benzene rings is 1. The maximum absolute atomic E-state index is 12.0. The van der Waals surface area contributed by atoms with Gasteiger partial charge in [0.1, 0.15) is 0 Å². The van der Waals surface area contributed by atoms with E-state index in [9.17, 15) is 4.79 Å². The van der Waals surface area contributed by atoms with Gasteiger partial charge in [0.05, 0.1) is 20.4 Å². The zero-order valence-electron chi connectivity index (χ0n) is 13.9. The summed E-state index contributed by atoms with van der Waals surface area (Å²) in [5, 5.41) is 3.85. The summed E-state index contributed by atoms with van der Waals surface area (Å²) in [6.07, 6.45) is 3.66. The number of carbonyl (C=O) groups is 1. The first kappa shape index (κ1) is 17.1. The number of piperidine rings is 1. The molecule has 1 aliphatic rings. The van der Waals surface area contributed by atoms with E-state index < -0.39 is 0 Å². The lowest BCUT2D eigenvalue weighted by Crippen LogP contribution is -2.39. The summed E-state index contributed by atoms with van der Waals surface area (Å²) in [7, 11) is 3.16. The first-order chi connectivity index (χ1) is 11.1. The predicted octanol–water partition coefficient (Wildman–Crippen LogP) is 2.31. The minimum atomic E-state index is -0.0296. The molecule has 1 saturated heterocycles. The number of rotatable bonds is 6. The second-order valence-electron chi connectivity index (χ2n) is 5.69. The fraction of sp³-hybridized carbons (Fsp3) is 0.529. The standard InChI is InChI=1S/C17H24N2O4/c1-13-6-8-19(9-7-13)17(20)12-23-18-11-14-4-5-15(21-2)16(10-14)22-3/h4-5,10-11,13H,6-9,12H2,1-3H3/b18-11-. The van der Waals surface area contributed by atoms with Gasteiger partial charge >= 0.3 is 0 Å². The summed E-state index contributed by atoms with van der Waals surface area (Å²) in [5.41, 5.74) is 0.807. The van der Waals surface area contributed by atoms with Gasteiger partial charge in [-0.15, -0.1) is 0 Å². The van der Waals surface area contributed by atoms with Crippen molar-refractivity contribution in [1.82, 2.24) is 4.90 Å². The molecule has 0 N–H and O–H groups in total. The Morgan fingerprint density at radius 3 is 2.61 bits per heavy atom. The van der Waals surface area contributed by atoms with Gasteiger partial charge in [-0.25, -0.2) is 0 Å². The Morgan fingerprint density at radius 2 is 1.96 bits per heavy atom. The third kappa shape index (κ3) is 4.87. The summed E-state index contributed by atoms with van der Waals surface area (Å²) in [6.45, 7) is 3.80. The highest BCUT2D eigenvalue weighted by Gasteiger charge is 2.20. The lowest BCUT2D eigenvalue weighted by atomic mass is 9.99. The molecule has 1 fully saturated rings. The van der Waals surface area contributed by atoms with E-state index in [0.29, 0.717) is 17.4 Å². The number of hydrogen-bond donors (Lipinski definition) is 0. The second kappa shape index (κ2) is 8.41. The molecule has 0 atom stereocenters. The van der Waals surface area contributed by atoms with Crippen LogP contribution in [0, 0.1) is 5.92 Å². The van der Waals surface area contributed by atoms with Crippen molar-refractivity contribution in [3.63, 3.8) is 0 Å². The van der Waals surface area contributed by atoms with Gasteiger partial charge < -0.3 is 19.2 Å². The monoisotopic (exact) mass is 320 g/mol. The first-order valence-corrected chi connectivity index (χ1v) is 7.79. The number of oxime groups is 1. The zero-order chi connectivity index (χ0) is 16.7. The molecule has 2 rings (SSSR count). The highest BCUT2D eigenvalue weighted by atomic mass is 16.6. The molecule has 0 radical (unpaired) electrons. The van der Waals surface area contributed by atoms with Crippen LogP contribution in [0.15, 0.2) is 23.4 Å². The lowest BCUT2D eigenvalue weighted by Gasteiger charge is -2.29. The minimum Gasteiger partial charge on any atom is -0.493 e. The molecular weight excluding hydrogens is 296 g/mol. The summed E-state index contributed by atoms with van der Waals surface area (Å²) in [5.74, 6) is 1.96. The van der Waals surface area contributed by atoms with Crippen molar-refractivity contribution in [2.24, 2.45) is 11.1 Å². The van der Waals surface area contributed by atoms with Gasteiger partial charge in [0.25, 0.3) is 5.91 Å². The Hall–Kier alpha value is -2.24. The van der Waals surface area contributed by atoms with Gasteiger partial charge in [-0.3, -0.25) is 4.79 Å². The summed E-state index contributed by atoms with van der Waals surface area (Å²) in [4.78, 5) is 18.9. The zero-order valence-corrected chi connectivity index (χ0v) is 13.9. The molecule has 0 unspecified atom stereocenters. The van der Waals surface area contributed by atoms with Crippen LogP contribution in [-0.4, -0.2) is 50.9 Å². The van der Waals surface area contributed by atoms with Crippen LogP contribution in [0.25, 0.3) is 0 Å². The van der Waals surface area contributed by atoms with E-state index in [1.165, 1.54) is 0 Å². The van der Waals surface area contributed by atoms with E-state index in [-0.39, 0.29) is 12.5 Å². The van der Waals surface area contributed by atoms with Crippen molar-refractivity contribution in [1.29, 1.82) is 0 Å². The van der Waals surface area contributed by atoms with Crippen molar-refractivity contribution >= 4 is 12.1 Å². The number of ether oxygens (including phenoxy) is 2. The van der Waals surface area contributed by atoms with Crippen molar-refractivity contribution in [3.05, 3.63) is 23.8 Å². The van der Waals surface area contributed by atoms with E-state index in [1.807, 2.05) is 11.0 Å². The summed E-state index contributed by atoms with van der Waals surface area (Å²) >= 11 is 0. The highest BCUT2D eigenvalue weighted by Crippen LogP contribution is 2.26. The highest BCUT2D eigenvalue weighted by molar-refractivity contribution is 5.81. The molecule has 0 aliphatic carbocycles. The van der Waals surface area contributed by atoms with Crippen LogP contribution < -0.4 is 9.47 Å². The van der Waals surface area contributed by atoms with Crippen LogP contribution in [0.4, 0.5) is 0 Å². The molecule has 23 heavy (non-hydrogen) atoms. The van der Waals surface area contributed by atoms with Gasteiger partial charge in [-0.2, -0.15) is 0 Å². The third-order valence-electron chi connectivity index (χ3n) is 4.01. The molecule has 0 bridgehead atoms. The number of carbonyl (C=O) groups excluding carboxylic acids is 1. The van der Waals surface area contributed by atoms with Crippen LogP contribution in [0.2, 0.25) is 0 Å². The average Bonchev–Trinajstić information content (AvgIpc) is 2.58. The number of hydrogen-bond acceptors (Lipinski definition) is 5. The van der Waals surface area contributed by atoms with Crippen LogP contribution >= 0.6 is 0 Å². The van der Waals surface area contributed by atoms with Crippen molar-refractivity contribution in [2.75, 3.05) is 33.9 Å². The van der Waals surface area contributed by atoms with E-state index in [0.717, 1.165) is 31.5 Å². The van der Waals surface area contributed by atoms with Crippen LogP contribution in [0.1, 0.15) is 25.3 Å². The van der Waals surface area contributed by atoms with Gasteiger partial charge in [-0.05, 0) is 37.0 Å². The van der Waals surface area contributed by atoms with Crippen molar-refractivity contribution < 1.29 is 19.1 Å². The molecule has 1 aliphatic heterocycles. The SMILES string of the molecule is COc1ccc(/C=N\OCC(=O)N2CCC(C)CC2)cc1OC. The smallest absolute Gasteiger partial charge is 0.263 e. The topological polar surface area (TPSA) is 60.4 Å². The molecule has 126 valence electrons. The second-order valence-corrected chi connectivity index (χ2v) is 5.69. The van der Waals surface area contributed by atoms with E-state index >= 15 is 0 Å². The molecule has 0 spiro atoms. The fourth-order valence-electron chi connectivity index (χ4n) is 2.47. The van der Waals surface area contributed by atoms with E-state index in [2.05, 4.69) is 12.1 Å². The summed E-state index contributed by atoms with van der Waals surface area (Å²) < 4.78 is 10.4. The molecule has 0 aromatic heterocycles. The molecule has 1 aromatic rings. The number of amides is 1. The molecule has 6 heteroatoms. The fourth-order valence-corrected chi connectivity index (χ4v) is 2.47. The molecule has 6 nitrogen and oxygen atoms in total. The maximum Gasteiger partial charge on any atom is 0.263 e. The predicted molar refractivity (Wildman–Crippen MR) is 88.1 cm³/mol.